The smallest absolute Gasteiger partial charge is 0.177 e. The number of aromatic nitrogens is 7. The molecule has 0 atom stereocenters. The Bertz CT molecular complexity index is 1060. The second-order valence-electron chi connectivity index (χ2n) is 8.48. The van der Waals surface area contributed by atoms with Crippen LogP contribution in [0.3, 0.4) is 0 Å². The van der Waals surface area contributed by atoms with Crippen molar-refractivity contribution in [2.75, 3.05) is 13.2 Å². The molecule has 30 heavy (non-hydrogen) atoms. The van der Waals surface area contributed by atoms with Crippen LogP contribution in [0.1, 0.15) is 25.7 Å². The first-order valence-electron chi connectivity index (χ1n) is 10.3. The van der Waals surface area contributed by atoms with Crippen LogP contribution in [0.5, 0.6) is 5.75 Å². The van der Waals surface area contributed by atoms with Crippen molar-refractivity contribution < 1.29 is 14.2 Å². The molecule has 1 aliphatic heterocycles. The lowest BCUT2D eigenvalue weighted by Gasteiger charge is -2.29. The molecule has 3 aromatic heterocycles. The Hall–Kier alpha value is -2.85. The van der Waals surface area contributed by atoms with Crippen molar-refractivity contribution in [3.05, 3.63) is 24.7 Å². The van der Waals surface area contributed by atoms with Crippen LogP contribution in [0.25, 0.3) is 22.6 Å². The van der Waals surface area contributed by atoms with Gasteiger partial charge < -0.3 is 14.2 Å². The van der Waals surface area contributed by atoms with Gasteiger partial charge in [-0.05, 0) is 31.7 Å². The van der Waals surface area contributed by atoms with Gasteiger partial charge in [-0.25, -0.2) is 9.67 Å². The average molecular weight is 409 g/mol. The first kappa shape index (κ1) is 18.0. The quantitative estimate of drug-likeness (QED) is 0.608. The highest BCUT2D eigenvalue weighted by atomic mass is 16.7. The summed E-state index contributed by atoms with van der Waals surface area (Å²) in [6, 6.07) is 1.95. The van der Waals surface area contributed by atoms with Crippen LogP contribution in [-0.2, 0) is 23.1 Å². The van der Waals surface area contributed by atoms with Gasteiger partial charge in [0.25, 0.3) is 0 Å². The van der Waals surface area contributed by atoms with E-state index in [2.05, 4.69) is 25.5 Å². The highest BCUT2D eigenvalue weighted by Gasteiger charge is 2.47. The molecule has 0 aromatic carbocycles. The molecule has 3 aromatic rings. The van der Waals surface area contributed by atoms with Gasteiger partial charge in [0, 0.05) is 24.2 Å². The maximum Gasteiger partial charge on any atom is 0.177 e. The topological polar surface area (TPSA) is 102 Å². The molecule has 4 heterocycles. The monoisotopic (exact) mass is 409 g/mol. The van der Waals surface area contributed by atoms with Crippen LogP contribution < -0.4 is 4.74 Å². The molecule has 0 unspecified atom stereocenters. The van der Waals surface area contributed by atoms with Crippen LogP contribution in [0.4, 0.5) is 0 Å². The number of aryl methyl sites for hydroxylation is 1. The van der Waals surface area contributed by atoms with E-state index < -0.39 is 0 Å². The summed E-state index contributed by atoms with van der Waals surface area (Å²) in [4.78, 5) is 6.15. The van der Waals surface area contributed by atoms with Gasteiger partial charge in [0.15, 0.2) is 6.29 Å². The third-order valence-corrected chi connectivity index (χ3v) is 5.79. The number of hydrogen-bond acceptors (Lipinski definition) is 8. The lowest BCUT2D eigenvalue weighted by molar-refractivity contribution is -0.213. The third kappa shape index (κ3) is 3.56. The number of pyridine rings is 1. The Morgan fingerprint density at radius 1 is 1.17 bits per heavy atom. The highest BCUT2D eigenvalue weighted by Crippen LogP contribution is 2.48. The van der Waals surface area contributed by atoms with Crippen molar-refractivity contribution in [1.29, 1.82) is 0 Å². The molecule has 2 aliphatic carbocycles. The first-order valence-corrected chi connectivity index (χ1v) is 10.3. The first-order chi connectivity index (χ1) is 14.7. The zero-order chi connectivity index (χ0) is 20.1. The van der Waals surface area contributed by atoms with Gasteiger partial charge in [-0.15, -0.1) is 5.10 Å². The highest BCUT2D eigenvalue weighted by molar-refractivity contribution is 5.68. The van der Waals surface area contributed by atoms with Crippen LogP contribution in [0.15, 0.2) is 24.7 Å². The van der Waals surface area contributed by atoms with Crippen molar-refractivity contribution in [2.24, 2.45) is 12.5 Å². The fourth-order valence-corrected chi connectivity index (χ4v) is 3.56. The molecule has 10 nitrogen and oxygen atoms in total. The maximum absolute atomic E-state index is 6.12. The SMILES string of the molecule is Cn1ncc(-c2cnc(-c3cn(CC4OCC5(CC5)CO4)nn3)c(OC3CC3)c2)n1. The van der Waals surface area contributed by atoms with Crippen molar-refractivity contribution >= 4 is 0 Å². The predicted molar refractivity (Wildman–Crippen MR) is 104 cm³/mol. The molecular formula is C20H23N7O3. The number of hydrogen-bond donors (Lipinski definition) is 0. The maximum atomic E-state index is 6.12. The van der Waals surface area contributed by atoms with Crippen LogP contribution in [0.2, 0.25) is 0 Å². The average Bonchev–Trinajstić information content (AvgIpc) is 3.63. The van der Waals surface area contributed by atoms with E-state index in [9.17, 15) is 0 Å². The molecular weight excluding hydrogens is 386 g/mol. The lowest BCUT2D eigenvalue weighted by atomic mass is 10.1. The predicted octanol–water partition coefficient (Wildman–Crippen LogP) is 1.83. The molecule has 10 heteroatoms. The van der Waals surface area contributed by atoms with Crippen molar-refractivity contribution in [1.82, 2.24) is 35.0 Å². The molecule has 0 N–H and O–H groups in total. The minimum Gasteiger partial charge on any atom is -0.488 e. The van der Waals surface area contributed by atoms with E-state index in [-0.39, 0.29) is 17.8 Å². The number of ether oxygens (including phenoxy) is 3. The molecule has 1 saturated heterocycles. The zero-order valence-electron chi connectivity index (χ0n) is 16.8. The largest absolute Gasteiger partial charge is 0.488 e. The van der Waals surface area contributed by atoms with Gasteiger partial charge in [0.05, 0.1) is 38.3 Å². The Balaban J connectivity index is 1.23. The summed E-state index contributed by atoms with van der Waals surface area (Å²) in [5, 5.41) is 17.0. The normalized spacial score (nSPS) is 20.6. The van der Waals surface area contributed by atoms with Gasteiger partial charge >= 0.3 is 0 Å². The Morgan fingerprint density at radius 2 is 2.00 bits per heavy atom. The fraction of sp³-hybridized carbons (Fsp3) is 0.550. The molecule has 0 radical (unpaired) electrons. The molecule has 2 saturated carbocycles. The van der Waals surface area contributed by atoms with E-state index in [1.165, 1.54) is 17.6 Å². The van der Waals surface area contributed by atoms with Crippen LogP contribution in [0, 0.1) is 5.41 Å². The van der Waals surface area contributed by atoms with Crippen molar-refractivity contribution in [3.63, 3.8) is 0 Å². The van der Waals surface area contributed by atoms with E-state index in [1.54, 1.807) is 24.1 Å². The van der Waals surface area contributed by atoms with Gasteiger partial charge in [-0.2, -0.15) is 15.0 Å². The van der Waals surface area contributed by atoms with E-state index in [0.29, 0.717) is 23.7 Å². The summed E-state index contributed by atoms with van der Waals surface area (Å²) >= 11 is 0. The standard InChI is InChI=1S/C20H23N7O3/c1-26-22-8-15(24-26)13-6-17(30-14-2-3-14)19(21-7-13)16-9-27(25-23-16)10-18-28-11-20(4-5-20)12-29-18/h6-9,14,18H,2-5,10-12H2,1H3. The lowest BCUT2D eigenvalue weighted by Crippen LogP contribution is -2.36. The van der Waals surface area contributed by atoms with Gasteiger partial charge in [0.1, 0.15) is 22.8 Å². The summed E-state index contributed by atoms with van der Waals surface area (Å²) < 4.78 is 19.6. The van der Waals surface area contributed by atoms with E-state index in [1.807, 2.05) is 12.3 Å². The summed E-state index contributed by atoms with van der Waals surface area (Å²) in [6.45, 7) is 2.04. The number of rotatable bonds is 6. The van der Waals surface area contributed by atoms with E-state index in [4.69, 9.17) is 14.2 Å². The molecule has 0 amide bonds. The van der Waals surface area contributed by atoms with Gasteiger partial charge in [-0.1, -0.05) is 5.21 Å². The molecule has 3 fully saturated rings. The van der Waals surface area contributed by atoms with E-state index >= 15 is 0 Å². The van der Waals surface area contributed by atoms with Crippen molar-refractivity contribution in [3.8, 4) is 28.4 Å². The summed E-state index contributed by atoms with van der Waals surface area (Å²) in [5.41, 5.74) is 3.22. The second kappa shape index (κ2) is 6.85. The van der Waals surface area contributed by atoms with Gasteiger partial charge in [0.2, 0.25) is 0 Å². The molecule has 6 rings (SSSR count). The summed E-state index contributed by atoms with van der Waals surface area (Å²) in [5.74, 6) is 0.688. The molecule has 3 aliphatic rings. The Labute approximate surface area is 173 Å². The summed E-state index contributed by atoms with van der Waals surface area (Å²) in [7, 11) is 1.79. The van der Waals surface area contributed by atoms with Crippen LogP contribution in [-0.4, -0.2) is 60.6 Å². The van der Waals surface area contributed by atoms with E-state index in [0.717, 1.165) is 37.3 Å². The molecule has 0 bridgehead atoms. The Morgan fingerprint density at radius 3 is 2.70 bits per heavy atom. The fourth-order valence-electron chi connectivity index (χ4n) is 3.56. The molecule has 156 valence electrons. The second-order valence-corrected chi connectivity index (χ2v) is 8.48. The Kier molecular flexibility index (Phi) is 4.10. The van der Waals surface area contributed by atoms with Gasteiger partial charge in [-0.3, -0.25) is 0 Å². The molecule has 1 spiro atoms. The minimum absolute atomic E-state index is 0.233. The number of nitrogens with zero attached hydrogens (tertiary/aromatic N) is 7. The zero-order valence-corrected chi connectivity index (χ0v) is 16.8. The summed E-state index contributed by atoms with van der Waals surface area (Å²) in [6.07, 6.45) is 9.79. The minimum atomic E-state index is -0.292. The van der Waals surface area contributed by atoms with Crippen molar-refractivity contribution in [2.45, 2.75) is 44.6 Å². The third-order valence-electron chi connectivity index (χ3n) is 5.79. The van der Waals surface area contributed by atoms with Crippen LogP contribution >= 0.6 is 0 Å².